The van der Waals surface area contributed by atoms with Crippen LogP contribution in [0.2, 0.25) is 0 Å². The highest BCUT2D eigenvalue weighted by atomic mass is 16.5. The predicted octanol–water partition coefficient (Wildman–Crippen LogP) is 0.856. The lowest BCUT2D eigenvalue weighted by Gasteiger charge is -2.25. The number of amides is 1. The Morgan fingerprint density at radius 2 is 1.93 bits per heavy atom. The van der Waals surface area contributed by atoms with Gasteiger partial charge >= 0.3 is 0 Å². The molecule has 0 aromatic rings. The topological polar surface area (TPSA) is 55.6 Å². The molecule has 0 unspecified atom stereocenters. The van der Waals surface area contributed by atoms with Gasteiger partial charge in [0.05, 0.1) is 6.61 Å². The van der Waals surface area contributed by atoms with Crippen LogP contribution in [0, 0.1) is 5.92 Å². The highest BCUT2D eigenvalue weighted by Crippen LogP contribution is 2.11. The van der Waals surface area contributed by atoms with Gasteiger partial charge in [0.25, 0.3) is 0 Å². The fourth-order valence-electron chi connectivity index (χ4n) is 1.59. The zero-order chi connectivity index (χ0) is 11.7. The average Bonchev–Trinajstić information content (AvgIpc) is 2.25. The Kier molecular flexibility index (Phi) is 8.33. The first kappa shape index (κ1) is 14.4. The summed E-state index contributed by atoms with van der Waals surface area (Å²) in [5.41, 5.74) is 5.49. The summed E-state index contributed by atoms with van der Waals surface area (Å²) in [5.74, 6) is 0.343. The van der Waals surface area contributed by atoms with Crippen molar-refractivity contribution in [2.75, 3.05) is 33.4 Å². The van der Waals surface area contributed by atoms with Crippen LogP contribution in [0.1, 0.15) is 26.7 Å². The van der Waals surface area contributed by atoms with E-state index >= 15 is 0 Å². The summed E-state index contributed by atoms with van der Waals surface area (Å²) < 4.78 is 4.98. The van der Waals surface area contributed by atoms with Crippen LogP contribution in [0.4, 0.5) is 0 Å². The molecule has 4 nitrogen and oxygen atoms in total. The Hall–Kier alpha value is -0.610. The summed E-state index contributed by atoms with van der Waals surface area (Å²) >= 11 is 0. The SMILES string of the molecule is CCC(CC)C(=O)N(CCN)CCOC. The molecule has 0 spiro atoms. The van der Waals surface area contributed by atoms with Gasteiger partial charge in [-0.25, -0.2) is 0 Å². The van der Waals surface area contributed by atoms with Gasteiger partial charge in [-0.3, -0.25) is 4.79 Å². The van der Waals surface area contributed by atoms with E-state index in [1.54, 1.807) is 12.0 Å². The Balaban J connectivity index is 4.24. The minimum atomic E-state index is 0.133. The second kappa shape index (κ2) is 8.68. The number of ether oxygens (including phenoxy) is 1. The number of rotatable bonds is 8. The first-order valence-corrected chi connectivity index (χ1v) is 5.68. The third kappa shape index (κ3) is 5.14. The molecule has 0 aliphatic carbocycles. The minimum Gasteiger partial charge on any atom is -0.383 e. The zero-order valence-corrected chi connectivity index (χ0v) is 10.2. The normalized spacial score (nSPS) is 10.7. The van der Waals surface area contributed by atoms with Crippen LogP contribution in [0.25, 0.3) is 0 Å². The molecule has 1 amide bonds. The van der Waals surface area contributed by atoms with Gasteiger partial charge < -0.3 is 15.4 Å². The predicted molar refractivity (Wildman–Crippen MR) is 61.6 cm³/mol. The van der Waals surface area contributed by atoms with Crippen LogP contribution in [0.5, 0.6) is 0 Å². The minimum absolute atomic E-state index is 0.133. The summed E-state index contributed by atoms with van der Waals surface area (Å²) in [6.07, 6.45) is 1.78. The van der Waals surface area contributed by atoms with E-state index in [0.29, 0.717) is 26.2 Å². The van der Waals surface area contributed by atoms with Crippen LogP contribution < -0.4 is 5.73 Å². The standard InChI is InChI=1S/C11H24N2O2/c1-4-10(5-2)11(14)13(7-6-12)8-9-15-3/h10H,4-9,12H2,1-3H3. The lowest BCUT2D eigenvalue weighted by Crippen LogP contribution is -2.41. The lowest BCUT2D eigenvalue weighted by atomic mass is 10.0. The summed E-state index contributed by atoms with van der Waals surface area (Å²) in [6, 6.07) is 0. The van der Waals surface area contributed by atoms with Gasteiger partial charge in [0, 0.05) is 32.7 Å². The molecule has 0 atom stereocenters. The number of hydrogen-bond donors (Lipinski definition) is 1. The molecule has 0 bridgehead atoms. The first-order valence-electron chi connectivity index (χ1n) is 5.68. The largest absolute Gasteiger partial charge is 0.383 e. The number of methoxy groups -OCH3 is 1. The summed E-state index contributed by atoms with van der Waals surface area (Å²) in [7, 11) is 1.64. The molecule has 0 aromatic heterocycles. The van der Waals surface area contributed by atoms with Crippen molar-refractivity contribution in [1.29, 1.82) is 0 Å². The number of hydrogen-bond acceptors (Lipinski definition) is 3. The van der Waals surface area contributed by atoms with Crippen molar-refractivity contribution in [3.63, 3.8) is 0 Å². The molecule has 2 N–H and O–H groups in total. The van der Waals surface area contributed by atoms with Crippen LogP contribution in [0.15, 0.2) is 0 Å². The molecule has 0 fully saturated rings. The maximum atomic E-state index is 12.0. The second-order valence-corrected chi connectivity index (χ2v) is 3.62. The van der Waals surface area contributed by atoms with Crippen molar-refractivity contribution in [2.45, 2.75) is 26.7 Å². The third-order valence-electron chi connectivity index (χ3n) is 2.61. The highest BCUT2D eigenvalue weighted by Gasteiger charge is 2.20. The van der Waals surface area contributed by atoms with E-state index in [1.165, 1.54) is 0 Å². The van der Waals surface area contributed by atoms with E-state index in [0.717, 1.165) is 12.8 Å². The van der Waals surface area contributed by atoms with Gasteiger partial charge in [0.1, 0.15) is 0 Å². The Bertz CT molecular complexity index is 170. The number of nitrogens with two attached hydrogens (primary N) is 1. The van der Waals surface area contributed by atoms with Gasteiger partial charge in [-0.1, -0.05) is 13.8 Å². The molecule has 15 heavy (non-hydrogen) atoms. The van der Waals surface area contributed by atoms with Crippen LogP contribution in [0.3, 0.4) is 0 Å². The molecule has 0 saturated heterocycles. The molecule has 4 heteroatoms. The van der Waals surface area contributed by atoms with Gasteiger partial charge in [-0.2, -0.15) is 0 Å². The molecule has 0 heterocycles. The molecule has 0 saturated carbocycles. The summed E-state index contributed by atoms with van der Waals surface area (Å²) in [4.78, 5) is 13.8. The molecular formula is C11H24N2O2. The van der Waals surface area contributed by atoms with E-state index < -0.39 is 0 Å². The fraction of sp³-hybridized carbons (Fsp3) is 0.909. The summed E-state index contributed by atoms with van der Waals surface area (Å²) in [5, 5.41) is 0. The summed E-state index contributed by atoms with van der Waals surface area (Å²) in [6.45, 7) is 6.44. The number of carbonyl (C=O) groups is 1. The molecular weight excluding hydrogens is 192 g/mol. The monoisotopic (exact) mass is 216 g/mol. The van der Waals surface area contributed by atoms with Gasteiger partial charge in [0.15, 0.2) is 0 Å². The van der Waals surface area contributed by atoms with Crippen molar-refractivity contribution in [3.8, 4) is 0 Å². The molecule has 0 radical (unpaired) electrons. The molecule has 0 aromatic carbocycles. The molecule has 90 valence electrons. The molecule has 0 aliphatic heterocycles. The van der Waals surface area contributed by atoms with E-state index in [1.807, 2.05) is 13.8 Å². The van der Waals surface area contributed by atoms with Crippen molar-refractivity contribution >= 4 is 5.91 Å². The second-order valence-electron chi connectivity index (χ2n) is 3.62. The Morgan fingerprint density at radius 1 is 1.33 bits per heavy atom. The fourth-order valence-corrected chi connectivity index (χ4v) is 1.59. The zero-order valence-electron chi connectivity index (χ0n) is 10.2. The molecule has 0 rings (SSSR count). The van der Waals surface area contributed by atoms with E-state index in [2.05, 4.69) is 0 Å². The quantitative estimate of drug-likeness (QED) is 0.654. The Morgan fingerprint density at radius 3 is 2.33 bits per heavy atom. The first-order chi connectivity index (χ1) is 7.21. The van der Waals surface area contributed by atoms with Crippen molar-refractivity contribution in [2.24, 2.45) is 11.7 Å². The van der Waals surface area contributed by atoms with Crippen molar-refractivity contribution in [1.82, 2.24) is 4.90 Å². The van der Waals surface area contributed by atoms with E-state index in [-0.39, 0.29) is 11.8 Å². The van der Waals surface area contributed by atoms with Crippen LogP contribution >= 0.6 is 0 Å². The van der Waals surface area contributed by atoms with Crippen molar-refractivity contribution < 1.29 is 9.53 Å². The molecule has 0 aliphatic rings. The van der Waals surface area contributed by atoms with Crippen LogP contribution in [-0.2, 0) is 9.53 Å². The number of carbonyl (C=O) groups excluding carboxylic acids is 1. The van der Waals surface area contributed by atoms with Gasteiger partial charge in [0.2, 0.25) is 5.91 Å². The van der Waals surface area contributed by atoms with Gasteiger partial charge in [-0.05, 0) is 12.8 Å². The number of nitrogens with zero attached hydrogens (tertiary/aromatic N) is 1. The smallest absolute Gasteiger partial charge is 0.225 e. The third-order valence-corrected chi connectivity index (χ3v) is 2.61. The van der Waals surface area contributed by atoms with E-state index in [9.17, 15) is 4.79 Å². The van der Waals surface area contributed by atoms with E-state index in [4.69, 9.17) is 10.5 Å². The Labute approximate surface area is 92.8 Å². The van der Waals surface area contributed by atoms with Gasteiger partial charge in [-0.15, -0.1) is 0 Å². The highest BCUT2D eigenvalue weighted by molar-refractivity contribution is 5.78. The maximum Gasteiger partial charge on any atom is 0.225 e. The lowest BCUT2D eigenvalue weighted by molar-refractivity contribution is -0.136. The average molecular weight is 216 g/mol. The maximum absolute atomic E-state index is 12.0. The van der Waals surface area contributed by atoms with Crippen LogP contribution in [-0.4, -0.2) is 44.2 Å². The van der Waals surface area contributed by atoms with Crippen molar-refractivity contribution in [3.05, 3.63) is 0 Å².